The van der Waals surface area contributed by atoms with Crippen molar-refractivity contribution >= 4 is 0 Å². The van der Waals surface area contributed by atoms with E-state index in [1.807, 2.05) is 18.3 Å². The Kier molecular flexibility index (Phi) is 4.17. The van der Waals surface area contributed by atoms with E-state index < -0.39 is 0 Å². The van der Waals surface area contributed by atoms with Crippen molar-refractivity contribution in [2.75, 3.05) is 0 Å². The first kappa shape index (κ1) is 15.4. The lowest BCUT2D eigenvalue weighted by Crippen LogP contribution is -2.03. The molecule has 0 amide bonds. The van der Waals surface area contributed by atoms with Gasteiger partial charge in [0, 0.05) is 35.8 Å². The van der Waals surface area contributed by atoms with E-state index in [0.29, 0.717) is 0 Å². The fourth-order valence-corrected chi connectivity index (χ4v) is 3.27. The molecule has 0 aliphatic heterocycles. The summed E-state index contributed by atoms with van der Waals surface area (Å²) >= 11 is 0. The Morgan fingerprint density at radius 2 is 1.52 bits per heavy atom. The van der Waals surface area contributed by atoms with Crippen molar-refractivity contribution < 1.29 is 0 Å². The zero-order chi connectivity index (χ0) is 17.1. The van der Waals surface area contributed by atoms with Crippen LogP contribution in [0.15, 0.2) is 91.3 Å². The lowest BCUT2D eigenvalue weighted by atomic mass is 10.0. The molecule has 0 atom stereocenters. The third-order valence-corrected chi connectivity index (χ3v) is 4.55. The summed E-state index contributed by atoms with van der Waals surface area (Å²) in [6.45, 7) is 2.98. The highest BCUT2D eigenvalue weighted by atomic mass is 15.0. The van der Waals surface area contributed by atoms with Crippen LogP contribution in [0.1, 0.15) is 11.1 Å². The average molecular weight is 324 g/mol. The molecule has 0 spiro atoms. The van der Waals surface area contributed by atoms with Crippen LogP contribution in [-0.4, -0.2) is 9.55 Å². The normalized spacial score (nSPS) is 10.8. The first-order chi connectivity index (χ1) is 12.3. The molecular weight excluding hydrogens is 304 g/mol. The summed E-state index contributed by atoms with van der Waals surface area (Å²) in [7, 11) is 0. The summed E-state index contributed by atoms with van der Waals surface area (Å²) in [6.07, 6.45) is 4.00. The van der Waals surface area contributed by atoms with E-state index in [9.17, 15) is 0 Å². The van der Waals surface area contributed by atoms with Crippen molar-refractivity contribution in [1.29, 1.82) is 0 Å². The first-order valence-corrected chi connectivity index (χ1v) is 8.53. The maximum atomic E-state index is 4.52. The number of aryl methyl sites for hydroxylation is 1. The summed E-state index contributed by atoms with van der Waals surface area (Å²) in [5.74, 6) is 0. The van der Waals surface area contributed by atoms with E-state index in [4.69, 9.17) is 0 Å². The van der Waals surface area contributed by atoms with Gasteiger partial charge in [0.1, 0.15) is 0 Å². The first-order valence-electron chi connectivity index (χ1n) is 8.53. The molecule has 2 heterocycles. The minimum atomic E-state index is 0.823. The topological polar surface area (TPSA) is 17.8 Å². The molecule has 2 aromatic heterocycles. The molecule has 2 nitrogen and oxygen atoms in total. The minimum absolute atomic E-state index is 0.823. The molecule has 0 unspecified atom stereocenters. The maximum absolute atomic E-state index is 4.52. The van der Waals surface area contributed by atoms with Crippen molar-refractivity contribution in [3.63, 3.8) is 0 Å². The predicted octanol–water partition coefficient (Wildman–Crippen LogP) is 5.57. The van der Waals surface area contributed by atoms with Gasteiger partial charge in [0.2, 0.25) is 0 Å². The van der Waals surface area contributed by atoms with E-state index in [1.54, 1.807) is 0 Å². The second kappa shape index (κ2) is 6.78. The largest absolute Gasteiger partial charge is 0.343 e. The minimum Gasteiger partial charge on any atom is -0.343 e. The molecule has 0 bridgehead atoms. The highest BCUT2D eigenvalue weighted by molar-refractivity contribution is 5.66. The molecule has 2 aromatic carbocycles. The van der Waals surface area contributed by atoms with Gasteiger partial charge in [-0.1, -0.05) is 54.6 Å². The van der Waals surface area contributed by atoms with Crippen LogP contribution >= 0.6 is 0 Å². The van der Waals surface area contributed by atoms with E-state index >= 15 is 0 Å². The average Bonchev–Trinajstić information content (AvgIpc) is 3.11. The summed E-state index contributed by atoms with van der Waals surface area (Å²) in [5, 5.41) is 0. The summed E-state index contributed by atoms with van der Waals surface area (Å²) in [4.78, 5) is 4.52. The molecule has 0 N–H and O–H groups in total. The SMILES string of the molecule is Cc1ccccc1-c1cccn1Cc1ccccc1-c1ccccn1. The maximum Gasteiger partial charge on any atom is 0.0705 e. The molecule has 0 fully saturated rings. The Balaban J connectivity index is 1.74. The van der Waals surface area contributed by atoms with Crippen LogP contribution in [0.5, 0.6) is 0 Å². The van der Waals surface area contributed by atoms with E-state index in [2.05, 4.69) is 89.4 Å². The highest BCUT2D eigenvalue weighted by Crippen LogP contribution is 2.27. The molecule has 0 aliphatic rings. The fourth-order valence-electron chi connectivity index (χ4n) is 3.27. The van der Waals surface area contributed by atoms with Gasteiger partial charge in [0.15, 0.2) is 0 Å². The van der Waals surface area contributed by atoms with E-state index in [0.717, 1.165) is 12.2 Å². The molecule has 122 valence electrons. The third-order valence-electron chi connectivity index (χ3n) is 4.55. The highest BCUT2D eigenvalue weighted by Gasteiger charge is 2.10. The summed E-state index contributed by atoms with van der Waals surface area (Å²) in [5.41, 5.74) is 7.29. The van der Waals surface area contributed by atoms with Gasteiger partial charge in [-0.05, 0) is 42.3 Å². The number of nitrogens with zero attached hydrogens (tertiary/aromatic N) is 2. The third kappa shape index (κ3) is 3.11. The molecule has 0 aliphatic carbocycles. The van der Waals surface area contributed by atoms with Gasteiger partial charge in [0.05, 0.1) is 5.69 Å². The van der Waals surface area contributed by atoms with Crippen LogP contribution in [0.25, 0.3) is 22.5 Å². The van der Waals surface area contributed by atoms with Crippen LogP contribution in [0.3, 0.4) is 0 Å². The van der Waals surface area contributed by atoms with Gasteiger partial charge < -0.3 is 4.57 Å². The summed E-state index contributed by atoms with van der Waals surface area (Å²) in [6, 6.07) is 27.4. The molecule has 0 saturated carbocycles. The van der Waals surface area contributed by atoms with Crippen molar-refractivity contribution in [2.24, 2.45) is 0 Å². The molecule has 0 saturated heterocycles. The molecule has 0 radical (unpaired) electrons. The Bertz CT molecular complexity index is 984. The van der Waals surface area contributed by atoms with E-state index in [-0.39, 0.29) is 0 Å². The van der Waals surface area contributed by atoms with Crippen LogP contribution in [0, 0.1) is 6.92 Å². The van der Waals surface area contributed by atoms with Crippen LogP contribution in [0.4, 0.5) is 0 Å². The van der Waals surface area contributed by atoms with Crippen LogP contribution in [-0.2, 0) is 6.54 Å². The Morgan fingerprint density at radius 3 is 2.32 bits per heavy atom. The number of rotatable bonds is 4. The number of hydrogen-bond donors (Lipinski definition) is 0. The number of pyridine rings is 1. The molecular formula is C23H20N2. The number of aromatic nitrogens is 2. The van der Waals surface area contributed by atoms with Gasteiger partial charge in [-0.25, -0.2) is 0 Å². The quantitative estimate of drug-likeness (QED) is 0.479. The zero-order valence-corrected chi connectivity index (χ0v) is 14.3. The Labute approximate surface area is 148 Å². The van der Waals surface area contributed by atoms with Crippen molar-refractivity contribution in [1.82, 2.24) is 9.55 Å². The monoisotopic (exact) mass is 324 g/mol. The zero-order valence-electron chi connectivity index (χ0n) is 14.3. The van der Waals surface area contributed by atoms with Gasteiger partial charge >= 0.3 is 0 Å². The van der Waals surface area contributed by atoms with Gasteiger partial charge in [-0.2, -0.15) is 0 Å². The fraction of sp³-hybridized carbons (Fsp3) is 0.0870. The molecule has 2 heteroatoms. The lowest BCUT2D eigenvalue weighted by Gasteiger charge is -2.14. The van der Waals surface area contributed by atoms with Crippen LogP contribution < -0.4 is 0 Å². The second-order valence-corrected chi connectivity index (χ2v) is 6.21. The van der Waals surface area contributed by atoms with Crippen molar-refractivity contribution in [3.8, 4) is 22.5 Å². The van der Waals surface area contributed by atoms with Crippen molar-refractivity contribution in [2.45, 2.75) is 13.5 Å². The second-order valence-electron chi connectivity index (χ2n) is 6.21. The van der Waals surface area contributed by atoms with Gasteiger partial charge in [0.25, 0.3) is 0 Å². The molecule has 25 heavy (non-hydrogen) atoms. The summed E-state index contributed by atoms with van der Waals surface area (Å²) < 4.78 is 2.31. The Morgan fingerprint density at radius 1 is 0.760 bits per heavy atom. The molecule has 4 aromatic rings. The lowest BCUT2D eigenvalue weighted by molar-refractivity contribution is 0.814. The van der Waals surface area contributed by atoms with E-state index in [1.165, 1.54) is 27.9 Å². The van der Waals surface area contributed by atoms with Gasteiger partial charge in [-0.3, -0.25) is 4.98 Å². The number of benzene rings is 2. The van der Waals surface area contributed by atoms with Crippen LogP contribution in [0.2, 0.25) is 0 Å². The predicted molar refractivity (Wildman–Crippen MR) is 103 cm³/mol. The number of hydrogen-bond acceptors (Lipinski definition) is 1. The Hall–Kier alpha value is -3.13. The standard InChI is InChI=1S/C23H20N2/c1-18-9-2-4-11-20(18)23-14-8-16-25(23)17-19-10-3-5-12-21(19)22-13-6-7-15-24-22/h2-16H,17H2,1H3. The molecule has 4 rings (SSSR count). The smallest absolute Gasteiger partial charge is 0.0705 e. The van der Waals surface area contributed by atoms with Gasteiger partial charge in [-0.15, -0.1) is 0 Å². The van der Waals surface area contributed by atoms with Crippen molar-refractivity contribution in [3.05, 3.63) is 102 Å².